The number of thiazole rings is 1. The molecule has 0 fully saturated rings. The summed E-state index contributed by atoms with van der Waals surface area (Å²) in [6.45, 7) is 2.06. The van der Waals surface area contributed by atoms with Crippen LogP contribution in [0.2, 0.25) is 0 Å². The van der Waals surface area contributed by atoms with Crippen molar-refractivity contribution in [2.24, 2.45) is 0 Å². The molecular weight excluding hydrogens is 272 g/mol. The van der Waals surface area contributed by atoms with Crippen LogP contribution >= 0.6 is 11.3 Å². The first-order valence-corrected chi connectivity index (χ1v) is 7.55. The molecule has 0 spiro atoms. The summed E-state index contributed by atoms with van der Waals surface area (Å²) in [5.41, 5.74) is 1.45. The largest absolute Gasteiger partial charge is 0.396 e. The second-order valence-electron chi connectivity index (χ2n) is 4.49. The first kappa shape index (κ1) is 14.7. The van der Waals surface area contributed by atoms with Gasteiger partial charge in [-0.25, -0.2) is 4.98 Å². The highest BCUT2D eigenvalue weighted by molar-refractivity contribution is 7.13. The van der Waals surface area contributed by atoms with Crippen LogP contribution in [0, 0.1) is 0 Å². The van der Waals surface area contributed by atoms with Crippen LogP contribution in [0.3, 0.4) is 0 Å². The summed E-state index contributed by atoms with van der Waals surface area (Å²) in [5.74, 6) is -0.177. The number of carbonyl (C=O) groups excluding carboxylic acids is 1. The van der Waals surface area contributed by atoms with Gasteiger partial charge in [-0.1, -0.05) is 37.3 Å². The maximum absolute atomic E-state index is 12.1. The molecule has 5 heteroatoms. The maximum atomic E-state index is 12.1. The molecule has 0 saturated carbocycles. The predicted octanol–water partition coefficient (Wildman–Crippen LogP) is 2.70. The minimum atomic E-state index is -0.177. The first-order chi connectivity index (χ1) is 9.74. The van der Waals surface area contributed by atoms with Gasteiger partial charge in [0.05, 0.1) is 0 Å². The van der Waals surface area contributed by atoms with Crippen molar-refractivity contribution in [1.29, 1.82) is 0 Å². The average molecular weight is 290 g/mol. The molecule has 2 aromatic rings. The highest BCUT2D eigenvalue weighted by atomic mass is 32.1. The Morgan fingerprint density at radius 3 is 2.80 bits per heavy atom. The Morgan fingerprint density at radius 2 is 2.15 bits per heavy atom. The zero-order valence-corrected chi connectivity index (χ0v) is 12.2. The third-order valence-corrected chi connectivity index (χ3v) is 3.95. The summed E-state index contributed by atoms with van der Waals surface area (Å²) in [4.78, 5) is 16.5. The molecule has 106 valence electrons. The normalized spacial score (nSPS) is 12.1. The van der Waals surface area contributed by atoms with Gasteiger partial charge >= 0.3 is 0 Å². The molecule has 0 radical (unpaired) electrons. The SMILES string of the molecule is CCC(CCO)NC(=O)c1csc(-c2ccccc2)n1. The number of carbonyl (C=O) groups is 1. The van der Waals surface area contributed by atoms with Gasteiger partial charge in [-0.3, -0.25) is 4.79 Å². The van der Waals surface area contributed by atoms with Crippen LogP contribution in [-0.4, -0.2) is 28.6 Å². The Labute approximate surface area is 122 Å². The van der Waals surface area contributed by atoms with Crippen molar-refractivity contribution in [2.75, 3.05) is 6.61 Å². The third kappa shape index (κ3) is 3.65. The number of hydrogen-bond acceptors (Lipinski definition) is 4. The maximum Gasteiger partial charge on any atom is 0.270 e. The van der Waals surface area contributed by atoms with E-state index in [1.54, 1.807) is 5.38 Å². The molecule has 1 amide bonds. The summed E-state index contributed by atoms with van der Waals surface area (Å²) < 4.78 is 0. The second kappa shape index (κ2) is 7.17. The van der Waals surface area contributed by atoms with Crippen LogP contribution in [0.4, 0.5) is 0 Å². The number of nitrogens with one attached hydrogen (secondary N) is 1. The summed E-state index contributed by atoms with van der Waals surface area (Å²) in [7, 11) is 0. The molecule has 0 aliphatic heterocycles. The Morgan fingerprint density at radius 1 is 1.40 bits per heavy atom. The zero-order valence-electron chi connectivity index (χ0n) is 11.4. The average Bonchev–Trinajstić information content (AvgIpc) is 2.97. The van der Waals surface area contributed by atoms with Gasteiger partial charge in [-0.05, 0) is 12.8 Å². The molecule has 1 aromatic carbocycles. The van der Waals surface area contributed by atoms with Crippen LogP contribution in [0.15, 0.2) is 35.7 Å². The molecule has 0 aliphatic rings. The quantitative estimate of drug-likeness (QED) is 0.860. The van der Waals surface area contributed by atoms with Gasteiger partial charge in [0.25, 0.3) is 5.91 Å². The standard InChI is InChI=1S/C15H18N2O2S/c1-2-12(8-9-18)16-14(19)13-10-20-15(17-13)11-6-4-3-5-7-11/h3-7,10,12,18H,2,8-9H2,1H3,(H,16,19). The number of amides is 1. The molecular formula is C15H18N2O2S. The molecule has 1 unspecified atom stereocenters. The minimum absolute atomic E-state index is 0.00521. The highest BCUT2D eigenvalue weighted by Gasteiger charge is 2.15. The fourth-order valence-electron chi connectivity index (χ4n) is 1.88. The number of hydrogen-bond donors (Lipinski definition) is 2. The topological polar surface area (TPSA) is 62.2 Å². The number of aliphatic hydroxyl groups is 1. The van der Waals surface area contributed by atoms with Crippen molar-refractivity contribution < 1.29 is 9.90 Å². The van der Waals surface area contributed by atoms with E-state index in [1.165, 1.54) is 11.3 Å². The molecule has 4 nitrogen and oxygen atoms in total. The monoisotopic (exact) mass is 290 g/mol. The number of benzene rings is 1. The van der Waals surface area contributed by atoms with Gasteiger partial charge in [0, 0.05) is 23.6 Å². The van der Waals surface area contributed by atoms with E-state index in [9.17, 15) is 4.79 Å². The molecule has 0 aliphatic carbocycles. The highest BCUT2D eigenvalue weighted by Crippen LogP contribution is 2.23. The summed E-state index contributed by atoms with van der Waals surface area (Å²) in [5, 5.41) is 14.4. The molecule has 1 atom stereocenters. The van der Waals surface area contributed by atoms with Gasteiger partial charge in [-0.15, -0.1) is 11.3 Å². The lowest BCUT2D eigenvalue weighted by molar-refractivity contribution is 0.0925. The lowest BCUT2D eigenvalue weighted by Gasteiger charge is -2.14. The van der Waals surface area contributed by atoms with Gasteiger partial charge in [-0.2, -0.15) is 0 Å². The number of aromatic nitrogens is 1. The Hall–Kier alpha value is -1.72. The molecule has 2 rings (SSSR count). The predicted molar refractivity (Wildman–Crippen MR) is 80.8 cm³/mol. The second-order valence-corrected chi connectivity index (χ2v) is 5.35. The lowest BCUT2D eigenvalue weighted by atomic mass is 10.1. The number of rotatable bonds is 6. The molecule has 2 N–H and O–H groups in total. The van der Waals surface area contributed by atoms with Crippen LogP contribution in [-0.2, 0) is 0 Å². The van der Waals surface area contributed by atoms with Crippen molar-refractivity contribution >= 4 is 17.2 Å². The third-order valence-electron chi connectivity index (χ3n) is 3.06. The van der Waals surface area contributed by atoms with E-state index in [-0.39, 0.29) is 18.6 Å². The minimum Gasteiger partial charge on any atom is -0.396 e. The van der Waals surface area contributed by atoms with E-state index < -0.39 is 0 Å². The first-order valence-electron chi connectivity index (χ1n) is 6.67. The van der Waals surface area contributed by atoms with E-state index in [0.29, 0.717) is 12.1 Å². The van der Waals surface area contributed by atoms with Crippen LogP contribution < -0.4 is 5.32 Å². The number of aliphatic hydroxyl groups excluding tert-OH is 1. The fraction of sp³-hybridized carbons (Fsp3) is 0.333. The molecule has 1 aromatic heterocycles. The van der Waals surface area contributed by atoms with Crippen molar-refractivity contribution in [3.05, 3.63) is 41.4 Å². The van der Waals surface area contributed by atoms with E-state index in [2.05, 4.69) is 10.3 Å². The summed E-state index contributed by atoms with van der Waals surface area (Å²) in [6.07, 6.45) is 1.36. The van der Waals surface area contributed by atoms with E-state index in [0.717, 1.165) is 17.0 Å². The van der Waals surface area contributed by atoms with E-state index in [1.807, 2.05) is 37.3 Å². The Kier molecular flexibility index (Phi) is 5.26. The van der Waals surface area contributed by atoms with Gasteiger partial charge in [0.2, 0.25) is 0 Å². The smallest absolute Gasteiger partial charge is 0.270 e. The number of nitrogens with zero attached hydrogens (tertiary/aromatic N) is 1. The summed E-state index contributed by atoms with van der Waals surface area (Å²) in [6, 6.07) is 9.79. The summed E-state index contributed by atoms with van der Waals surface area (Å²) >= 11 is 1.46. The van der Waals surface area contributed by atoms with Crippen LogP contribution in [0.1, 0.15) is 30.3 Å². The van der Waals surface area contributed by atoms with Crippen molar-refractivity contribution in [2.45, 2.75) is 25.8 Å². The molecule has 0 saturated heterocycles. The van der Waals surface area contributed by atoms with Gasteiger partial charge in [0.1, 0.15) is 10.7 Å². The Balaban J connectivity index is 2.07. The van der Waals surface area contributed by atoms with Crippen molar-refractivity contribution in [3.63, 3.8) is 0 Å². The molecule has 0 bridgehead atoms. The van der Waals surface area contributed by atoms with E-state index in [4.69, 9.17) is 5.11 Å². The molecule has 20 heavy (non-hydrogen) atoms. The van der Waals surface area contributed by atoms with Gasteiger partial charge in [0.15, 0.2) is 0 Å². The molecule has 1 heterocycles. The Bertz CT molecular complexity index is 554. The lowest BCUT2D eigenvalue weighted by Crippen LogP contribution is -2.35. The fourth-order valence-corrected chi connectivity index (χ4v) is 2.69. The van der Waals surface area contributed by atoms with Crippen molar-refractivity contribution in [1.82, 2.24) is 10.3 Å². The van der Waals surface area contributed by atoms with Crippen molar-refractivity contribution in [3.8, 4) is 10.6 Å². The van der Waals surface area contributed by atoms with Crippen LogP contribution in [0.25, 0.3) is 10.6 Å². The van der Waals surface area contributed by atoms with E-state index >= 15 is 0 Å². The zero-order chi connectivity index (χ0) is 14.4. The van der Waals surface area contributed by atoms with Gasteiger partial charge < -0.3 is 10.4 Å². The van der Waals surface area contributed by atoms with Crippen LogP contribution in [0.5, 0.6) is 0 Å².